The lowest BCUT2D eigenvalue weighted by atomic mass is 10.1. The standard InChI is InChI=1S/C15H31NO5S/c1-2-3-4-5-6-7-10-21-15(14-22(17,18)19)13-16-8-11-20-12-9-16/h15H,2-14H2,1H3,(H,17,18,19). The van der Waals surface area contributed by atoms with Crippen LogP contribution in [-0.2, 0) is 19.6 Å². The molecule has 1 aliphatic rings. The summed E-state index contributed by atoms with van der Waals surface area (Å²) in [6, 6.07) is 0. The first-order valence-electron chi connectivity index (χ1n) is 8.38. The molecular weight excluding hydrogens is 306 g/mol. The molecule has 0 bridgehead atoms. The van der Waals surface area contributed by atoms with E-state index in [1.165, 1.54) is 25.7 Å². The Kier molecular flexibility index (Phi) is 10.2. The summed E-state index contributed by atoms with van der Waals surface area (Å²) in [6.45, 7) is 6.15. The van der Waals surface area contributed by atoms with E-state index in [2.05, 4.69) is 11.8 Å². The lowest BCUT2D eigenvalue weighted by Gasteiger charge is -2.30. The van der Waals surface area contributed by atoms with Gasteiger partial charge in [-0.25, -0.2) is 0 Å². The van der Waals surface area contributed by atoms with Gasteiger partial charge in [0.25, 0.3) is 10.1 Å². The quantitative estimate of drug-likeness (QED) is 0.433. The van der Waals surface area contributed by atoms with E-state index in [4.69, 9.17) is 14.0 Å². The minimum Gasteiger partial charge on any atom is -0.379 e. The third-order valence-electron chi connectivity index (χ3n) is 3.81. The van der Waals surface area contributed by atoms with Gasteiger partial charge in [0.05, 0.1) is 19.3 Å². The monoisotopic (exact) mass is 337 g/mol. The van der Waals surface area contributed by atoms with Crippen LogP contribution < -0.4 is 0 Å². The molecule has 0 aromatic heterocycles. The molecule has 0 aromatic rings. The maximum atomic E-state index is 11.1. The van der Waals surface area contributed by atoms with Crippen molar-refractivity contribution in [3.63, 3.8) is 0 Å². The molecule has 0 radical (unpaired) electrons. The Morgan fingerprint density at radius 3 is 2.41 bits per heavy atom. The highest BCUT2D eigenvalue weighted by Crippen LogP contribution is 2.08. The van der Waals surface area contributed by atoms with E-state index in [1.54, 1.807) is 0 Å². The Morgan fingerprint density at radius 1 is 1.14 bits per heavy atom. The Morgan fingerprint density at radius 2 is 1.77 bits per heavy atom. The van der Waals surface area contributed by atoms with E-state index in [1.807, 2.05) is 0 Å². The molecule has 6 nitrogen and oxygen atoms in total. The van der Waals surface area contributed by atoms with Gasteiger partial charge in [0.1, 0.15) is 5.75 Å². The third-order valence-corrected chi connectivity index (χ3v) is 4.61. The van der Waals surface area contributed by atoms with Gasteiger partial charge in [-0.05, 0) is 6.42 Å². The molecule has 132 valence electrons. The summed E-state index contributed by atoms with van der Waals surface area (Å²) >= 11 is 0. The molecule has 0 amide bonds. The fourth-order valence-corrected chi connectivity index (χ4v) is 3.26. The van der Waals surface area contributed by atoms with Crippen LogP contribution in [0.4, 0.5) is 0 Å². The van der Waals surface area contributed by atoms with Gasteiger partial charge < -0.3 is 9.47 Å². The van der Waals surface area contributed by atoms with E-state index >= 15 is 0 Å². The number of morpholine rings is 1. The van der Waals surface area contributed by atoms with Gasteiger partial charge in [-0.2, -0.15) is 8.42 Å². The largest absolute Gasteiger partial charge is 0.379 e. The summed E-state index contributed by atoms with van der Waals surface area (Å²) in [5.41, 5.74) is 0. The third kappa shape index (κ3) is 10.5. The second-order valence-corrected chi connectivity index (χ2v) is 7.42. The zero-order chi connectivity index (χ0) is 16.3. The predicted molar refractivity (Wildman–Crippen MR) is 86.8 cm³/mol. The van der Waals surface area contributed by atoms with Gasteiger partial charge in [0.15, 0.2) is 0 Å². The summed E-state index contributed by atoms with van der Waals surface area (Å²) in [5.74, 6) is -0.333. The average Bonchev–Trinajstić information content (AvgIpc) is 2.45. The molecule has 1 rings (SSSR count). The van der Waals surface area contributed by atoms with Crippen LogP contribution in [0, 0.1) is 0 Å². The van der Waals surface area contributed by atoms with Crippen LogP contribution >= 0.6 is 0 Å². The zero-order valence-electron chi connectivity index (χ0n) is 13.7. The van der Waals surface area contributed by atoms with Crippen LogP contribution in [0.3, 0.4) is 0 Å². The molecule has 0 spiro atoms. The number of ether oxygens (including phenoxy) is 2. The van der Waals surface area contributed by atoms with Crippen LogP contribution in [0.5, 0.6) is 0 Å². The van der Waals surface area contributed by atoms with Gasteiger partial charge in [0, 0.05) is 26.2 Å². The second kappa shape index (κ2) is 11.3. The smallest absolute Gasteiger partial charge is 0.267 e. The van der Waals surface area contributed by atoms with Crippen molar-refractivity contribution < 1.29 is 22.4 Å². The molecule has 0 aromatic carbocycles. The van der Waals surface area contributed by atoms with Crippen LogP contribution in [0.1, 0.15) is 45.4 Å². The van der Waals surface area contributed by atoms with Crippen LogP contribution in [0.15, 0.2) is 0 Å². The molecule has 1 saturated heterocycles. The zero-order valence-corrected chi connectivity index (χ0v) is 14.5. The summed E-state index contributed by atoms with van der Waals surface area (Å²) in [6.07, 6.45) is 6.52. The molecule has 0 aliphatic carbocycles. The summed E-state index contributed by atoms with van der Waals surface area (Å²) in [7, 11) is -4.01. The number of hydrogen-bond donors (Lipinski definition) is 1. The van der Waals surface area contributed by atoms with Crippen LogP contribution in [0.25, 0.3) is 0 Å². The number of unbranched alkanes of at least 4 members (excludes halogenated alkanes) is 5. The molecule has 22 heavy (non-hydrogen) atoms. The highest BCUT2D eigenvalue weighted by atomic mass is 32.2. The first-order valence-corrected chi connectivity index (χ1v) is 9.99. The number of nitrogens with zero attached hydrogens (tertiary/aromatic N) is 1. The van der Waals surface area contributed by atoms with Crippen molar-refractivity contribution in [3.8, 4) is 0 Å². The summed E-state index contributed by atoms with van der Waals surface area (Å²) < 4.78 is 42.3. The minimum atomic E-state index is -4.01. The molecule has 0 saturated carbocycles. The van der Waals surface area contributed by atoms with Gasteiger partial charge in [0.2, 0.25) is 0 Å². The maximum absolute atomic E-state index is 11.1. The normalized spacial score (nSPS) is 18.5. The first kappa shape index (κ1) is 19.8. The Balaban J connectivity index is 2.25. The summed E-state index contributed by atoms with van der Waals surface area (Å²) in [5, 5.41) is 0. The molecule has 1 heterocycles. The van der Waals surface area contributed by atoms with Crippen molar-refractivity contribution >= 4 is 10.1 Å². The molecule has 7 heteroatoms. The van der Waals surface area contributed by atoms with Crippen LogP contribution in [-0.4, -0.2) is 69.2 Å². The highest BCUT2D eigenvalue weighted by Gasteiger charge is 2.22. The molecule has 1 unspecified atom stereocenters. The van der Waals surface area contributed by atoms with Gasteiger partial charge in [-0.1, -0.05) is 39.0 Å². The first-order chi connectivity index (χ1) is 10.5. The topological polar surface area (TPSA) is 76.1 Å². The second-order valence-electron chi connectivity index (χ2n) is 5.92. The van der Waals surface area contributed by atoms with Crippen molar-refractivity contribution in [3.05, 3.63) is 0 Å². The van der Waals surface area contributed by atoms with E-state index in [-0.39, 0.29) is 5.75 Å². The predicted octanol–water partition coefficient (Wildman–Crippen LogP) is 1.95. The van der Waals surface area contributed by atoms with Crippen molar-refractivity contribution in [2.24, 2.45) is 0 Å². The van der Waals surface area contributed by atoms with Crippen LogP contribution in [0.2, 0.25) is 0 Å². The highest BCUT2D eigenvalue weighted by molar-refractivity contribution is 7.85. The van der Waals surface area contributed by atoms with E-state index in [0.717, 1.165) is 25.9 Å². The molecule has 1 fully saturated rings. The maximum Gasteiger partial charge on any atom is 0.267 e. The van der Waals surface area contributed by atoms with E-state index in [9.17, 15) is 8.42 Å². The lowest BCUT2D eigenvalue weighted by Crippen LogP contribution is -2.43. The van der Waals surface area contributed by atoms with Gasteiger partial charge in [-0.3, -0.25) is 9.45 Å². The van der Waals surface area contributed by atoms with Gasteiger partial charge >= 0.3 is 0 Å². The van der Waals surface area contributed by atoms with Crippen molar-refractivity contribution in [1.29, 1.82) is 0 Å². The van der Waals surface area contributed by atoms with E-state index in [0.29, 0.717) is 26.4 Å². The van der Waals surface area contributed by atoms with Gasteiger partial charge in [-0.15, -0.1) is 0 Å². The minimum absolute atomic E-state index is 0.333. The van der Waals surface area contributed by atoms with E-state index < -0.39 is 16.2 Å². The average molecular weight is 337 g/mol. The molecule has 1 aliphatic heterocycles. The Hall–Kier alpha value is -0.210. The van der Waals surface area contributed by atoms with Crippen molar-refractivity contribution in [1.82, 2.24) is 4.90 Å². The fourth-order valence-electron chi connectivity index (χ4n) is 2.59. The molecular formula is C15H31NO5S. The number of hydrogen-bond acceptors (Lipinski definition) is 5. The SMILES string of the molecule is CCCCCCCCOC(CN1CCOCC1)CS(=O)(=O)O. The lowest BCUT2D eigenvalue weighted by molar-refractivity contribution is -0.00568. The Bertz CT molecular complexity index is 368. The van der Waals surface area contributed by atoms with Crippen molar-refractivity contribution in [2.75, 3.05) is 45.2 Å². The summed E-state index contributed by atoms with van der Waals surface area (Å²) in [4.78, 5) is 2.13. The molecule has 1 atom stereocenters. The Labute approximate surface area is 134 Å². The number of rotatable bonds is 12. The van der Waals surface area contributed by atoms with Crippen molar-refractivity contribution in [2.45, 2.75) is 51.6 Å². The fraction of sp³-hybridized carbons (Fsp3) is 1.00. The molecule has 1 N–H and O–H groups in total.